The lowest BCUT2D eigenvalue weighted by Crippen LogP contribution is -2.29. The normalized spacial score (nSPS) is 12.3. The molecule has 0 spiro atoms. The monoisotopic (exact) mass is 399 g/mol. The number of hydrogen-bond donors (Lipinski definition) is 3. The largest absolute Gasteiger partial charge is 0.491 e. The van der Waals surface area contributed by atoms with Crippen LogP contribution in [0.1, 0.15) is 48.7 Å². The third-order valence-corrected chi connectivity index (χ3v) is 4.55. The van der Waals surface area contributed by atoms with Crippen LogP contribution in [-0.2, 0) is 16.6 Å². The lowest BCUT2D eigenvalue weighted by molar-refractivity contribution is -0.135. The number of benzene rings is 2. The molecule has 3 N–H and O–H groups in total. The van der Waals surface area contributed by atoms with Gasteiger partial charge in [0.05, 0.1) is 6.10 Å². The number of carboxylic acid groups (broad SMARTS) is 1. The lowest BCUT2D eigenvalue weighted by atomic mass is 9.86. The average Bonchev–Trinajstić information content (AvgIpc) is 2.69. The van der Waals surface area contributed by atoms with E-state index < -0.39 is 24.5 Å². The van der Waals surface area contributed by atoms with E-state index >= 15 is 0 Å². The van der Waals surface area contributed by atoms with E-state index in [0.717, 1.165) is 6.42 Å². The molecule has 1 atom stereocenters. The summed E-state index contributed by atoms with van der Waals surface area (Å²) in [7, 11) is 0. The Balaban J connectivity index is 1.76. The number of hydrogen-bond acceptors (Lipinski definition) is 4. The number of carbonyl (C=O) groups is 2. The van der Waals surface area contributed by atoms with E-state index in [1.165, 1.54) is 11.1 Å². The van der Waals surface area contributed by atoms with Gasteiger partial charge in [0.2, 0.25) is 0 Å². The summed E-state index contributed by atoms with van der Waals surface area (Å²) < 4.78 is 5.58. The minimum Gasteiger partial charge on any atom is -0.491 e. The molecule has 0 radical (unpaired) electrons. The van der Waals surface area contributed by atoms with Gasteiger partial charge in [-0.1, -0.05) is 45.0 Å². The van der Waals surface area contributed by atoms with Crippen LogP contribution >= 0.6 is 0 Å². The third-order valence-electron chi connectivity index (χ3n) is 4.55. The molecule has 0 fully saturated rings. The minimum absolute atomic E-state index is 0.123. The van der Waals surface area contributed by atoms with Crippen molar-refractivity contribution in [3.05, 3.63) is 65.2 Å². The van der Waals surface area contributed by atoms with Crippen molar-refractivity contribution in [2.75, 3.05) is 13.2 Å². The zero-order valence-electron chi connectivity index (χ0n) is 17.1. The molecular weight excluding hydrogens is 370 g/mol. The maximum absolute atomic E-state index is 11.8. The second kappa shape index (κ2) is 10.1. The van der Waals surface area contributed by atoms with E-state index in [-0.39, 0.29) is 12.0 Å². The highest BCUT2D eigenvalue weighted by Crippen LogP contribution is 2.22. The molecule has 0 heterocycles. The predicted molar refractivity (Wildman–Crippen MR) is 111 cm³/mol. The molecule has 1 unspecified atom stereocenters. The molecule has 0 saturated heterocycles. The van der Waals surface area contributed by atoms with Crippen LogP contribution in [-0.4, -0.2) is 41.3 Å². The van der Waals surface area contributed by atoms with E-state index in [9.17, 15) is 14.7 Å². The number of carboxylic acids is 1. The maximum Gasteiger partial charge on any atom is 0.322 e. The zero-order chi connectivity index (χ0) is 21.4. The van der Waals surface area contributed by atoms with Gasteiger partial charge in [0.25, 0.3) is 5.91 Å². The zero-order valence-corrected chi connectivity index (χ0v) is 17.1. The number of rotatable bonds is 9. The lowest BCUT2D eigenvalue weighted by Gasteiger charge is -2.19. The van der Waals surface area contributed by atoms with Gasteiger partial charge in [-0.05, 0) is 53.6 Å². The van der Waals surface area contributed by atoms with Crippen LogP contribution in [0.5, 0.6) is 5.75 Å². The first kappa shape index (κ1) is 22.4. The molecule has 0 aliphatic heterocycles. The van der Waals surface area contributed by atoms with Crippen LogP contribution in [0.4, 0.5) is 0 Å². The minimum atomic E-state index is -1.10. The number of aliphatic hydroxyl groups excluding tert-OH is 1. The Hall–Kier alpha value is -2.86. The summed E-state index contributed by atoms with van der Waals surface area (Å²) in [6.07, 6.45) is 0.748. The summed E-state index contributed by atoms with van der Waals surface area (Å²) in [5, 5.41) is 21.0. The number of aryl methyl sites for hydroxylation is 1. The van der Waals surface area contributed by atoms with Gasteiger partial charge in [0.1, 0.15) is 18.9 Å². The molecule has 0 aliphatic carbocycles. The van der Waals surface area contributed by atoms with E-state index in [0.29, 0.717) is 17.7 Å². The molecular formula is C23H29NO5. The molecule has 156 valence electrons. The molecule has 0 aromatic heterocycles. The standard InChI is InChI=1S/C23H29NO5/c1-23(2,3)18-9-4-16(5-10-18)6-11-19(25)15-29-20-12-7-17(8-13-20)22(28)24-14-21(26)27/h4-5,7-10,12-13,19,25H,6,11,14-15H2,1-3H3,(H,24,28)(H,26,27). The highest BCUT2D eigenvalue weighted by molar-refractivity contribution is 5.95. The molecule has 1 amide bonds. The van der Waals surface area contributed by atoms with Crippen LogP contribution in [0.15, 0.2) is 48.5 Å². The first-order valence-electron chi connectivity index (χ1n) is 9.65. The van der Waals surface area contributed by atoms with Gasteiger partial charge in [-0.25, -0.2) is 0 Å². The summed E-state index contributed by atoms with van der Waals surface area (Å²) in [6.45, 7) is 6.27. The molecule has 0 saturated carbocycles. The Morgan fingerprint density at radius 3 is 2.21 bits per heavy atom. The predicted octanol–water partition coefficient (Wildman–Crippen LogP) is 3.17. The summed E-state index contributed by atoms with van der Waals surface area (Å²) >= 11 is 0. The second-order valence-corrected chi connectivity index (χ2v) is 8.05. The fourth-order valence-corrected chi connectivity index (χ4v) is 2.74. The van der Waals surface area contributed by atoms with Crippen molar-refractivity contribution in [3.63, 3.8) is 0 Å². The highest BCUT2D eigenvalue weighted by atomic mass is 16.5. The SMILES string of the molecule is CC(C)(C)c1ccc(CCC(O)COc2ccc(C(=O)NCC(=O)O)cc2)cc1. The first-order valence-corrected chi connectivity index (χ1v) is 9.65. The Morgan fingerprint density at radius 1 is 1.03 bits per heavy atom. The van der Waals surface area contributed by atoms with E-state index in [2.05, 4.69) is 50.4 Å². The van der Waals surface area contributed by atoms with Crippen molar-refractivity contribution in [3.8, 4) is 5.75 Å². The average molecular weight is 399 g/mol. The van der Waals surface area contributed by atoms with Crippen molar-refractivity contribution in [2.45, 2.75) is 45.1 Å². The number of amides is 1. The topological polar surface area (TPSA) is 95.9 Å². The Morgan fingerprint density at radius 2 is 1.66 bits per heavy atom. The van der Waals surface area contributed by atoms with Gasteiger partial charge in [-0.2, -0.15) is 0 Å². The first-order chi connectivity index (χ1) is 13.6. The molecule has 6 nitrogen and oxygen atoms in total. The van der Waals surface area contributed by atoms with Crippen molar-refractivity contribution >= 4 is 11.9 Å². The molecule has 0 aliphatic rings. The number of ether oxygens (including phenoxy) is 1. The Kier molecular flexibility index (Phi) is 7.79. The molecule has 2 aromatic carbocycles. The van der Waals surface area contributed by atoms with Crippen LogP contribution in [0, 0.1) is 0 Å². The highest BCUT2D eigenvalue weighted by Gasteiger charge is 2.13. The Bertz CT molecular complexity index is 807. The van der Waals surface area contributed by atoms with Gasteiger partial charge in [0, 0.05) is 5.56 Å². The molecule has 2 aromatic rings. The van der Waals surface area contributed by atoms with Gasteiger partial charge < -0.3 is 20.3 Å². The maximum atomic E-state index is 11.8. The van der Waals surface area contributed by atoms with Crippen molar-refractivity contribution in [1.82, 2.24) is 5.32 Å². The number of aliphatic hydroxyl groups is 1. The van der Waals surface area contributed by atoms with Gasteiger partial charge in [-0.15, -0.1) is 0 Å². The van der Waals surface area contributed by atoms with E-state index in [1.54, 1.807) is 24.3 Å². The van der Waals surface area contributed by atoms with E-state index in [4.69, 9.17) is 9.84 Å². The van der Waals surface area contributed by atoms with Crippen LogP contribution in [0.25, 0.3) is 0 Å². The molecule has 0 bridgehead atoms. The fraction of sp³-hybridized carbons (Fsp3) is 0.391. The number of nitrogens with one attached hydrogen (secondary N) is 1. The summed E-state index contributed by atoms with van der Waals surface area (Å²) in [5.74, 6) is -1.03. The van der Waals surface area contributed by atoms with Crippen molar-refractivity contribution < 1.29 is 24.5 Å². The molecule has 29 heavy (non-hydrogen) atoms. The second-order valence-electron chi connectivity index (χ2n) is 8.05. The smallest absolute Gasteiger partial charge is 0.322 e. The molecule has 2 rings (SSSR count). The van der Waals surface area contributed by atoms with Crippen LogP contribution in [0.3, 0.4) is 0 Å². The van der Waals surface area contributed by atoms with Crippen molar-refractivity contribution in [1.29, 1.82) is 0 Å². The third kappa shape index (κ3) is 7.58. The summed E-state index contributed by atoms with van der Waals surface area (Å²) in [6, 6.07) is 14.8. The summed E-state index contributed by atoms with van der Waals surface area (Å²) in [5.41, 5.74) is 2.93. The quantitative estimate of drug-likeness (QED) is 0.602. The van der Waals surface area contributed by atoms with Crippen LogP contribution in [0.2, 0.25) is 0 Å². The van der Waals surface area contributed by atoms with Gasteiger partial charge >= 0.3 is 5.97 Å². The van der Waals surface area contributed by atoms with Crippen LogP contribution < -0.4 is 10.1 Å². The Labute approximate surface area is 171 Å². The van der Waals surface area contributed by atoms with E-state index in [1.807, 2.05) is 0 Å². The molecule has 6 heteroatoms. The number of carbonyl (C=O) groups excluding carboxylic acids is 1. The van der Waals surface area contributed by atoms with Gasteiger partial charge in [0.15, 0.2) is 0 Å². The van der Waals surface area contributed by atoms with Crippen molar-refractivity contribution in [2.24, 2.45) is 0 Å². The van der Waals surface area contributed by atoms with Gasteiger partial charge in [-0.3, -0.25) is 9.59 Å². The fourth-order valence-electron chi connectivity index (χ4n) is 2.74. The number of aliphatic carboxylic acids is 1. The summed E-state index contributed by atoms with van der Waals surface area (Å²) in [4.78, 5) is 22.2.